The second kappa shape index (κ2) is 16.9. The van der Waals surface area contributed by atoms with E-state index in [-0.39, 0.29) is 5.91 Å². The highest BCUT2D eigenvalue weighted by atomic mass is 16.4. The van der Waals surface area contributed by atoms with Crippen LogP contribution in [0.2, 0.25) is 0 Å². The topological polar surface area (TPSA) is 57.6 Å². The molecule has 0 heterocycles. The number of hydrogen-bond donors (Lipinski definition) is 1. The van der Waals surface area contributed by atoms with Crippen molar-refractivity contribution in [3.05, 3.63) is 95.1 Å². The molecule has 3 rings (SSSR count). The predicted octanol–water partition coefficient (Wildman–Crippen LogP) is 8.48. The van der Waals surface area contributed by atoms with Crippen molar-refractivity contribution >= 4 is 23.6 Å². The number of carbonyl (C=O) groups excluding carboxylic acids is 1. The molecule has 1 N–H and O–H groups in total. The Morgan fingerprint density at radius 2 is 1.69 bits per heavy atom. The van der Waals surface area contributed by atoms with Crippen molar-refractivity contribution in [3.8, 4) is 11.8 Å². The van der Waals surface area contributed by atoms with Crippen molar-refractivity contribution in [1.29, 1.82) is 0 Å². The molecule has 1 aliphatic carbocycles. The zero-order chi connectivity index (χ0) is 27.7. The first-order valence-electron chi connectivity index (χ1n) is 14.3. The molecule has 0 saturated carbocycles. The Hall–Kier alpha value is -3.84. The summed E-state index contributed by atoms with van der Waals surface area (Å²) in [4.78, 5) is 26.1. The van der Waals surface area contributed by atoms with Crippen LogP contribution in [-0.2, 0) is 16.1 Å². The Kier molecular flexibility index (Phi) is 12.9. The fourth-order valence-corrected chi connectivity index (χ4v) is 4.53. The molecule has 0 aliphatic heterocycles. The summed E-state index contributed by atoms with van der Waals surface area (Å²) in [7, 11) is 0. The minimum atomic E-state index is -0.988. The molecule has 0 saturated heterocycles. The molecule has 0 spiro atoms. The first-order valence-corrected chi connectivity index (χ1v) is 14.3. The van der Waals surface area contributed by atoms with Crippen LogP contribution in [0.3, 0.4) is 0 Å². The SMILES string of the molecule is CCCCCCCCC#Cc1ccc(CN(C(=O)CCC2=CCCC=C2)c2ccc(C=CC(=O)O)cc2)cc1. The third kappa shape index (κ3) is 11.2. The molecule has 0 fully saturated rings. The van der Waals surface area contributed by atoms with E-state index in [2.05, 4.69) is 37.0 Å². The summed E-state index contributed by atoms with van der Waals surface area (Å²) < 4.78 is 0. The first-order chi connectivity index (χ1) is 19.0. The molecule has 2 aromatic rings. The van der Waals surface area contributed by atoms with Crippen LogP contribution in [0.1, 0.15) is 94.2 Å². The molecular weight excluding hydrogens is 482 g/mol. The van der Waals surface area contributed by atoms with Crippen LogP contribution in [0.15, 0.2) is 78.4 Å². The summed E-state index contributed by atoms with van der Waals surface area (Å²) >= 11 is 0. The number of benzene rings is 2. The van der Waals surface area contributed by atoms with Gasteiger partial charge in [-0.2, -0.15) is 0 Å². The van der Waals surface area contributed by atoms with E-state index in [1.807, 2.05) is 53.4 Å². The van der Waals surface area contributed by atoms with Gasteiger partial charge in [-0.25, -0.2) is 4.79 Å². The lowest BCUT2D eigenvalue weighted by Gasteiger charge is -2.24. The number of carbonyl (C=O) groups is 2. The number of rotatable bonds is 14. The van der Waals surface area contributed by atoms with Crippen LogP contribution in [-0.4, -0.2) is 17.0 Å². The Balaban J connectivity index is 1.65. The van der Waals surface area contributed by atoms with E-state index in [9.17, 15) is 9.59 Å². The van der Waals surface area contributed by atoms with E-state index in [0.717, 1.165) is 60.6 Å². The monoisotopic (exact) mass is 523 g/mol. The van der Waals surface area contributed by atoms with Crippen molar-refractivity contribution in [2.24, 2.45) is 0 Å². The molecule has 204 valence electrons. The third-order valence-electron chi connectivity index (χ3n) is 6.81. The standard InChI is InChI=1S/C35H41NO3/c1-2-3-4-5-6-7-8-10-15-30-16-18-32(19-17-30)28-36(34(37)26-22-29-13-11-9-12-14-29)33-24-20-31(21-25-33)23-27-35(38)39/h11,13-14,16-21,23-25,27H,2-9,12,22,26,28H2,1H3,(H,38,39). The van der Waals surface area contributed by atoms with Crippen LogP contribution < -0.4 is 4.90 Å². The molecule has 4 heteroatoms. The molecule has 0 unspecified atom stereocenters. The van der Waals surface area contributed by atoms with E-state index in [0.29, 0.717) is 13.0 Å². The lowest BCUT2D eigenvalue weighted by molar-refractivity contribution is -0.131. The normalized spacial score (nSPS) is 12.6. The van der Waals surface area contributed by atoms with Crippen LogP contribution in [0, 0.1) is 11.8 Å². The summed E-state index contributed by atoms with van der Waals surface area (Å²) in [6, 6.07) is 15.6. The average Bonchev–Trinajstić information content (AvgIpc) is 2.96. The third-order valence-corrected chi connectivity index (χ3v) is 6.81. The maximum absolute atomic E-state index is 13.4. The van der Waals surface area contributed by atoms with Gasteiger partial charge in [0.25, 0.3) is 0 Å². The highest BCUT2D eigenvalue weighted by molar-refractivity contribution is 5.93. The molecule has 0 atom stereocenters. The van der Waals surface area contributed by atoms with Crippen LogP contribution in [0.25, 0.3) is 6.08 Å². The van der Waals surface area contributed by atoms with E-state index < -0.39 is 5.97 Å². The highest BCUT2D eigenvalue weighted by Gasteiger charge is 2.17. The maximum Gasteiger partial charge on any atom is 0.328 e. The van der Waals surface area contributed by atoms with E-state index in [1.54, 1.807) is 6.08 Å². The molecule has 0 bridgehead atoms. The van der Waals surface area contributed by atoms with Gasteiger partial charge in [0.1, 0.15) is 0 Å². The summed E-state index contributed by atoms with van der Waals surface area (Å²) in [6.07, 6.45) is 21.0. The average molecular weight is 524 g/mol. The minimum Gasteiger partial charge on any atom is -0.478 e. The van der Waals surface area contributed by atoms with Crippen molar-refractivity contribution in [3.63, 3.8) is 0 Å². The lowest BCUT2D eigenvalue weighted by atomic mass is 10.0. The Morgan fingerprint density at radius 1 is 0.949 bits per heavy atom. The number of allylic oxidation sites excluding steroid dienone is 4. The number of unbranched alkanes of at least 4 members (excludes halogenated alkanes) is 6. The maximum atomic E-state index is 13.4. The number of carboxylic acid groups (broad SMARTS) is 1. The fraction of sp³-hybridized carbons (Fsp3) is 0.371. The molecular formula is C35H41NO3. The zero-order valence-corrected chi connectivity index (χ0v) is 23.2. The number of anilines is 1. The molecule has 39 heavy (non-hydrogen) atoms. The van der Waals surface area contributed by atoms with E-state index >= 15 is 0 Å². The first kappa shape index (κ1) is 29.7. The molecule has 0 radical (unpaired) electrons. The summed E-state index contributed by atoms with van der Waals surface area (Å²) in [5, 5.41) is 8.89. The van der Waals surface area contributed by atoms with Gasteiger partial charge in [-0.3, -0.25) is 4.79 Å². The lowest BCUT2D eigenvalue weighted by Crippen LogP contribution is -2.30. The summed E-state index contributed by atoms with van der Waals surface area (Å²) in [5.74, 6) is 5.65. The zero-order valence-electron chi connectivity index (χ0n) is 23.2. The molecule has 1 amide bonds. The quantitative estimate of drug-likeness (QED) is 0.153. The Labute approximate surface area is 234 Å². The number of nitrogens with zero attached hydrogens (tertiary/aromatic N) is 1. The molecule has 0 aromatic heterocycles. The fourth-order valence-electron chi connectivity index (χ4n) is 4.53. The predicted molar refractivity (Wildman–Crippen MR) is 161 cm³/mol. The van der Waals surface area contributed by atoms with Gasteiger partial charge in [-0.15, -0.1) is 0 Å². The summed E-state index contributed by atoms with van der Waals surface area (Å²) in [6.45, 7) is 2.70. The number of carboxylic acids is 1. The number of hydrogen-bond acceptors (Lipinski definition) is 2. The van der Waals surface area contributed by atoms with E-state index in [1.165, 1.54) is 37.7 Å². The van der Waals surface area contributed by atoms with Crippen LogP contribution in [0.4, 0.5) is 5.69 Å². The molecule has 2 aromatic carbocycles. The van der Waals surface area contributed by atoms with Crippen LogP contribution >= 0.6 is 0 Å². The van der Waals surface area contributed by atoms with Gasteiger partial charge in [-0.05, 0) is 67.2 Å². The van der Waals surface area contributed by atoms with Crippen molar-refractivity contribution in [2.45, 2.75) is 84.1 Å². The van der Waals surface area contributed by atoms with Crippen LogP contribution in [0.5, 0.6) is 0 Å². The van der Waals surface area contributed by atoms with Gasteiger partial charge < -0.3 is 10.0 Å². The van der Waals surface area contributed by atoms with Gasteiger partial charge in [0.2, 0.25) is 5.91 Å². The van der Waals surface area contributed by atoms with Gasteiger partial charge in [0.05, 0.1) is 6.54 Å². The van der Waals surface area contributed by atoms with Gasteiger partial charge in [0.15, 0.2) is 0 Å². The Bertz CT molecular complexity index is 1210. The molecule has 4 nitrogen and oxygen atoms in total. The number of amides is 1. The smallest absolute Gasteiger partial charge is 0.328 e. The van der Waals surface area contributed by atoms with Crippen molar-refractivity contribution in [2.75, 3.05) is 4.90 Å². The number of aliphatic carboxylic acids is 1. The largest absolute Gasteiger partial charge is 0.478 e. The van der Waals surface area contributed by atoms with Gasteiger partial charge in [-0.1, -0.05) is 98.9 Å². The summed E-state index contributed by atoms with van der Waals surface area (Å²) in [5.41, 5.74) is 4.82. The minimum absolute atomic E-state index is 0.0616. The van der Waals surface area contributed by atoms with Gasteiger partial charge >= 0.3 is 5.97 Å². The second-order valence-electron chi connectivity index (χ2n) is 10.0. The van der Waals surface area contributed by atoms with Crippen molar-refractivity contribution in [1.82, 2.24) is 0 Å². The second-order valence-corrected chi connectivity index (χ2v) is 10.0. The van der Waals surface area contributed by atoms with Gasteiger partial charge in [0, 0.05) is 30.2 Å². The van der Waals surface area contributed by atoms with Crippen molar-refractivity contribution < 1.29 is 14.7 Å². The highest BCUT2D eigenvalue weighted by Crippen LogP contribution is 2.23. The molecule has 1 aliphatic rings. The Morgan fingerprint density at radius 3 is 2.38 bits per heavy atom. The van der Waals surface area contributed by atoms with E-state index in [4.69, 9.17) is 5.11 Å².